The van der Waals surface area contributed by atoms with Crippen LogP contribution in [0, 0.1) is 0 Å². The van der Waals surface area contributed by atoms with E-state index >= 15 is 0 Å². The first-order chi connectivity index (χ1) is 15.8. The molecule has 2 amide bonds. The smallest absolute Gasteiger partial charge is 0.261 e. The number of aromatic nitrogens is 2. The van der Waals surface area contributed by atoms with Crippen molar-refractivity contribution in [2.45, 2.75) is 25.8 Å². The van der Waals surface area contributed by atoms with Gasteiger partial charge >= 0.3 is 0 Å². The van der Waals surface area contributed by atoms with Crippen molar-refractivity contribution in [3.05, 3.63) is 28.8 Å². The zero-order valence-corrected chi connectivity index (χ0v) is 19.9. The zero-order chi connectivity index (χ0) is 24.0. The standard InChI is InChI=1S/C23H33N5O5/c1-25(2)22(30)15-26-8-6-10-27(12-11-26)21(29)7-5-9-28-16-24-18-14-20(33-4)19(32-3)13-17(18)23(28)31/h13-14,16H,5-12,15H2,1-4H3. The van der Waals surface area contributed by atoms with Gasteiger partial charge in [-0.1, -0.05) is 0 Å². The van der Waals surface area contributed by atoms with Crippen molar-refractivity contribution in [3.63, 3.8) is 0 Å². The molecule has 2 heterocycles. The molecule has 0 radical (unpaired) electrons. The van der Waals surface area contributed by atoms with Gasteiger partial charge in [0.25, 0.3) is 5.56 Å². The Morgan fingerprint density at radius 2 is 1.79 bits per heavy atom. The van der Waals surface area contributed by atoms with E-state index in [1.54, 1.807) is 31.1 Å². The minimum absolute atomic E-state index is 0.0697. The van der Waals surface area contributed by atoms with Gasteiger partial charge in [-0.2, -0.15) is 0 Å². The molecule has 10 nitrogen and oxygen atoms in total. The van der Waals surface area contributed by atoms with Crippen LogP contribution in [0.4, 0.5) is 0 Å². The van der Waals surface area contributed by atoms with Gasteiger partial charge in [-0.25, -0.2) is 4.98 Å². The van der Waals surface area contributed by atoms with Crippen molar-refractivity contribution in [2.24, 2.45) is 0 Å². The molecule has 3 rings (SSSR count). The third-order valence-corrected chi connectivity index (χ3v) is 5.92. The third-order valence-electron chi connectivity index (χ3n) is 5.92. The summed E-state index contributed by atoms with van der Waals surface area (Å²) in [4.78, 5) is 47.5. The molecular weight excluding hydrogens is 426 g/mol. The highest BCUT2D eigenvalue weighted by molar-refractivity contribution is 5.81. The van der Waals surface area contributed by atoms with E-state index in [1.807, 2.05) is 4.90 Å². The molecule has 0 bridgehead atoms. The maximum absolute atomic E-state index is 12.9. The quantitative estimate of drug-likeness (QED) is 0.576. The van der Waals surface area contributed by atoms with Gasteiger partial charge in [-0.3, -0.25) is 23.9 Å². The van der Waals surface area contributed by atoms with E-state index in [0.29, 0.717) is 68.0 Å². The zero-order valence-electron chi connectivity index (χ0n) is 19.9. The highest BCUT2D eigenvalue weighted by atomic mass is 16.5. The van der Waals surface area contributed by atoms with Crippen molar-refractivity contribution < 1.29 is 19.1 Å². The summed E-state index contributed by atoms with van der Waals surface area (Å²) in [6, 6.07) is 3.31. The molecule has 180 valence electrons. The molecule has 0 spiro atoms. The van der Waals surface area contributed by atoms with Crippen LogP contribution in [-0.2, 0) is 16.1 Å². The second-order valence-corrected chi connectivity index (χ2v) is 8.37. The summed E-state index contributed by atoms with van der Waals surface area (Å²) < 4.78 is 12.1. The summed E-state index contributed by atoms with van der Waals surface area (Å²) in [5.41, 5.74) is 0.358. The molecule has 1 aliphatic heterocycles. The molecule has 0 unspecified atom stereocenters. The SMILES string of the molecule is COc1cc2ncn(CCCC(=O)N3CCCN(CC(=O)N(C)C)CC3)c(=O)c2cc1OC. The van der Waals surface area contributed by atoms with Crippen molar-refractivity contribution in [2.75, 3.05) is 61.0 Å². The number of carbonyl (C=O) groups excluding carboxylic acids is 2. The lowest BCUT2D eigenvalue weighted by molar-refractivity contribution is -0.131. The molecule has 33 heavy (non-hydrogen) atoms. The number of carbonyl (C=O) groups is 2. The van der Waals surface area contributed by atoms with Crippen molar-refractivity contribution in [3.8, 4) is 11.5 Å². The highest BCUT2D eigenvalue weighted by Crippen LogP contribution is 2.29. The summed E-state index contributed by atoms with van der Waals surface area (Å²) in [6.07, 6.45) is 3.24. The largest absolute Gasteiger partial charge is 0.493 e. The number of aryl methyl sites for hydroxylation is 1. The molecule has 1 aromatic carbocycles. The molecular formula is C23H33N5O5. The molecule has 1 saturated heterocycles. The lowest BCUT2D eigenvalue weighted by Crippen LogP contribution is -2.39. The highest BCUT2D eigenvalue weighted by Gasteiger charge is 2.21. The number of likely N-dealkylation sites (N-methyl/N-ethyl adjacent to an activating group) is 1. The summed E-state index contributed by atoms with van der Waals surface area (Å²) >= 11 is 0. The van der Waals surface area contributed by atoms with Crippen molar-refractivity contribution in [1.82, 2.24) is 24.3 Å². The molecule has 1 aliphatic rings. The van der Waals surface area contributed by atoms with Crippen LogP contribution in [0.2, 0.25) is 0 Å². The summed E-state index contributed by atoms with van der Waals surface area (Å²) in [5.74, 6) is 1.13. The summed E-state index contributed by atoms with van der Waals surface area (Å²) in [5, 5.41) is 0.446. The van der Waals surface area contributed by atoms with Gasteiger partial charge in [0.2, 0.25) is 11.8 Å². The molecule has 0 N–H and O–H groups in total. The molecule has 0 atom stereocenters. The van der Waals surface area contributed by atoms with Crippen molar-refractivity contribution in [1.29, 1.82) is 0 Å². The maximum atomic E-state index is 12.9. The van der Waals surface area contributed by atoms with Gasteiger partial charge in [0.15, 0.2) is 11.5 Å². The van der Waals surface area contributed by atoms with E-state index in [2.05, 4.69) is 9.88 Å². The van der Waals surface area contributed by atoms with Gasteiger partial charge in [0.05, 0.1) is 38.0 Å². The predicted molar refractivity (Wildman–Crippen MR) is 125 cm³/mol. The van der Waals surface area contributed by atoms with Gasteiger partial charge in [-0.05, 0) is 18.9 Å². The topological polar surface area (TPSA) is 97.2 Å². The number of rotatable bonds is 8. The average Bonchev–Trinajstić information content (AvgIpc) is 3.05. The van der Waals surface area contributed by atoms with E-state index in [4.69, 9.17) is 9.47 Å². The van der Waals surface area contributed by atoms with Crippen LogP contribution in [0.3, 0.4) is 0 Å². The second-order valence-electron chi connectivity index (χ2n) is 8.37. The maximum Gasteiger partial charge on any atom is 0.261 e. The number of methoxy groups -OCH3 is 2. The first-order valence-corrected chi connectivity index (χ1v) is 11.2. The number of benzene rings is 1. The van der Waals surface area contributed by atoms with Crippen LogP contribution in [0.25, 0.3) is 10.9 Å². The van der Waals surface area contributed by atoms with Crippen LogP contribution in [0.1, 0.15) is 19.3 Å². The lowest BCUT2D eigenvalue weighted by atomic mass is 10.2. The minimum atomic E-state index is -0.177. The number of amides is 2. The molecule has 2 aromatic rings. The Hall–Kier alpha value is -3.14. The average molecular weight is 460 g/mol. The van der Waals surface area contributed by atoms with Crippen LogP contribution in [0.5, 0.6) is 11.5 Å². The fraction of sp³-hybridized carbons (Fsp3) is 0.565. The fourth-order valence-corrected chi connectivity index (χ4v) is 3.91. The van der Waals surface area contributed by atoms with E-state index in [9.17, 15) is 14.4 Å². The van der Waals surface area contributed by atoms with E-state index in [1.165, 1.54) is 25.1 Å². The molecule has 0 aliphatic carbocycles. The second kappa shape index (κ2) is 11.1. The molecule has 0 saturated carbocycles. The summed E-state index contributed by atoms with van der Waals surface area (Å²) in [6.45, 7) is 3.56. The number of hydrogen-bond donors (Lipinski definition) is 0. The first kappa shape index (κ1) is 24.5. The Morgan fingerprint density at radius 1 is 1.06 bits per heavy atom. The van der Waals surface area contributed by atoms with Crippen molar-refractivity contribution >= 4 is 22.7 Å². The van der Waals surface area contributed by atoms with Crippen LogP contribution in [0.15, 0.2) is 23.3 Å². The van der Waals surface area contributed by atoms with E-state index in [-0.39, 0.29) is 17.4 Å². The van der Waals surface area contributed by atoms with Crippen LogP contribution < -0.4 is 15.0 Å². The monoisotopic (exact) mass is 459 g/mol. The normalized spacial score (nSPS) is 14.7. The van der Waals surface area contributed by atoms with Gasteiger partial charge in [-0.15, -0.1) is 0 Å². The van der Waals surface area contributed by atoms with E-state index < -0.39 is 0 Å². The predicted octanol–water partition coefficient (Wildman–Crippen LogP) is 0.816. The van der Waals surface area contributed by atoms with Crippen LogP contribution in [-0.4, -0.2) is 97.1 Å². The van der Waals surface area contributed by atoms with Gasteiger partial charge < -0.3 is 19.3 Å². The van der Waals surface area contributed by atoms with Gasteiger partial charge in [0, 0.05) is 59.3 Å². The minimum Gasteiger partial charge on any atom is -0.493 e. The van der Waals surface area contributed by atoms with Gasteiger partial charge in [0.1, 0.15) is 0 Å². The first-order valence-electron chi connectivity index (χ1n) is 11.2. The lowest BCUT2D eigenvalue weighted by Gasteiger charge is -2.22. The Bertz CT molecular complexity index is 1050. The van der Waals surface area contributed by atoms with E-state index in [0.717, 1.165) is 13.0 Å². The Balaban J connectivity index is 1.56. The number of ether oxygens (including phenoxy) is 2. The Kier molecular flexibility index (Phi) is 8.26. The van der Waals surface area contributed by atoms with Crippen LogP contribution >= 0.6 is 0 Å². The number of fused-ring (bicyclic) bond motifs is 1. The molecule has 1 aromatic heterocycles. The number of hydrogen-bond acceptors (Lipinski definition) is 7. The molecule has 10 heteroatoms. The Morgan fingerprint density at radius 3 is 2.48 bits per heavy atom. The third kappa shape index (κ3) is 6.01. The molecule has 1 fully saturated rings. The Labute approximate surface area is 193 Å². The number of nitrogens with zero attached hydrogens (tertiary/aromatic N) is 5. The summed E-state index contributed by atoms with van der Waals surface area (Å²) in [7, 11) is 6.55. The fourth-order valence-electron chi connectivity index (χ4n) is 3.91.